The zero-order chi connectivity index (χ0) is 16.3. The van der Waals surface area contributed by atoms with Crippen molar-refractivity contribution in [3.8, 4) is 5.82 Å². The maximum absolute atomic E-state index is 6.24. The summed E-state index contributed by atoms with van der Waals surface area (Å²) in [6.45, 7) is 1.96. The van der Waals surface area contributed by atoms with E-state index in [1.54, 1.807) is 10.9 Å². The molecule has 0 atom stereocenters. The Morgan fingerprint density at radius 3 is 2.74 bits per heavy atom. The van der Waals surface area contributed by atoms with Crippen LogP contribution in [0.3, 0.4) is 0 Å². The van der Waals surface area contributed by atoms with E-state index >= 15 is 0 Å². The Kier molecular flexibility index (Phi) is 4.47. The predicted octanol–water partition coefficient (Wildman–Crippen LogP) is 1.78. The summed E-state index contributed by atoms with van der Waals surface area (Å²) in [5, 5.41) is 7.65. The molecular weight excluding hydrogens is 290 g/mol. The summed E-state index contributed by atoms with van der Waals surface area (Å²) in [5.41, 5.74) is 7.08. The predicted molar refractivity (Wildman–Crippen MR) is 91.5 cm³/mol. The van der Waals surface area contributed by atoms with Crippen LogP contribution in [-0.2, 0) is 0 Å². The lowest BCUT2D eigenvalue weighted by molar-refractivity contribution is 0.215. The van der Waals surface area contributed by atoms with Crippen LogP contribution < -0.4 is 11.1 Å². The Balaban J connectivity index is 1.76. The molecule has 0 aliphatic heterocycles. The molecule has 3 rings (SSSR count). The maximum atomic E-state index is 6.24. The van der Waals surface area contributed by atoms with E-state index in [1.807, 2.05) is 12.3 Å². The number of nitrogens with one attached hydrogen (secondary N) is 1. The molecule has 2 aromatic rings. The average molecular weight is 315 g/mol. The summed E-state index contributed by atoms with van der Waals surface area (Å²) in [6, 6.07) is 1.85. The number of aromatic nitrogens is 4. The second kappa shape index (κ2) is 6.54. The van der Waals surface area contributed by atoms with Crippen LogP contribution in [0, 0.1) is 5.41 Å². The van der Waals surface area contributed by atoms with Crippen molar-refractivity contribution in [1.29, 1.82) is 0 Å². The van der Waals surface area contributed by atoms with Crippen LogP contribution in [-0.4, -0.2) is 51.8 Å². The molecule has 0 radical (unpaired) electrons. The first-order valence-corrected chi connectivity index (χ1v) is 8.09. The van der Waals surface area contributed by atoms with Gasteiger partial charge in [0.05, 0.1) is 0 Å². The van der Waals surface area contributed by atoms with Crippen molar-refractivity contribution >= 4 is 11.5 Å². The van der Waals surface area contributed by atoms with E-state index in [0.29, 0.717) is 22.7 Å². The summed E-state index contributed by atoms with van der Waals surface area (Å²) in [7, 11) is 4.27. The first kappa shape index (κ1) is 15.7. The second-order valence-electron chi connectivity index (χ2n) is 6.71. The fraction of sp³-hybridized carbons (Fsp3) is 0.562. The van der Waals surface area contributed by atoms with Crippen LogP contribution in [0.25, 0.3) is 5.82 Å². The molecule has 1 fully saturated rings. The quantitative estimate of drug-likeness (QED) is 0.845. The number of nitrogens with two attached hydrogens (primary N) is 1. The van der Waals surface area contributed by atoms with E-state index in [1.165, 1.54) is 32.0 Å². The van der Waals surface area contributed by atoms with Gasteiger partial charge >= 0.3 is 0 Å². The molecule has 1 saturated carbocycles. The molecular formula is C16H25N7. The maximum Gasteiger partial charge on any atom is 0.181 e. The summed E-state index contributed by atoms with van der Waals surface area (Å²) in [5.74, 6) is 1.30. The van der Waals surface area contributed by atoms with Crippen molar-refractivity contribution in [2.75, 3.05) is 38.2 Å². The van der Waals surface area contributed by atoms with Gasteiger partial charge in [-0.25, -0.2) is 14.6 Å². The van der Waals surface area contributed by atoms with Gasteiger partial charge in [-0.1, -0.05) is 12.8 Å². The second-order valence-corrected chi connectivity index (χ2v) is 6.71. The molecule has 0 spiro atoms. The van der Waals surface area contributed by atoms with Gasteiger partial charge < -0.3 is 16.0 Å². The van der Waals surface area contributed by atoms with Crippen molar-refractivity contribution in [3.05, 3.63) is 24.8 Å². The number of hydrogen-bond donors (Lipinski definition) is 2. The molecule has 3 N–H and O–H groups in total. The third-order valence-electron chi connectivity index (χ3n) is 4.53. The zero-order valence-corrected chi connectivity index (χ0v) is 13.9. The number of hydrogen-bond acceptors (Lipinski definition) is 6. The van der Waals surface area contributed by atoms with E-state index in [9.17, 15) is 0 Å². The highest BCUT2D eigenvalue weighted by Gasteiger charge is 2.34. The van der Waals surface area contributed by atoms with Crippen molar-refractivity contribution in [2.45, 2.75) is 25.7 Å². The molecule has 2 heterocycles. The first-order valence-electron chi connectivity index (χ1n) is 8.09. The van der Waals surface area contributed by atoms with Crippen LogP contribution in [0.15, 0.2) is 24.8 Å². The van der Waals surface area contributed by atoms with E-state index < -0.39 is 0 Å². The molecule has 0 aromatic carbocycles. The summed E-state index contributed by atoms with van der Waals surface area (Å²) >= 11 is 0. The number of nitrogens with zero attached hydrogens (tertiary/aromatic N) is 5. The number of nitrogen functional groups attached to an aromatic ring is 1. The summed E-state index contributed by atoms with van der Waals surface area (Å²) < 4.78 is 1.66. The SMILES string of the molecule is CN(C)CC1(CNc2ncnc(-n3cccn3)c2N)CCCC1. The molecule has 0 amide bonds. The van der Waals surface area contributed by atoms with Crippen molar-refractivity contribution in [2.24, 2.45) is 5.41 Å². The van der Waals surface area contributed by atoms with Crippen molar-refractivity contribution < 1.29 is 0 Å². The number of anilines is 2. The minimum absolute atomic E-state index is 0.298. The molecule has 7 nitrogen and oxygen atoms in total. The molecule has 1 aliphatic carbocycles. The van der Waals surface area contributed by atoms with E-state index in [0.717, 1.165) is 13.1 Å². The van der Waals surface area contributed by atoms with Gasteiger partial charge in [-0.05, 0) is 33.0 Å². The molecule has 124 valence electrons. The fourth-order valence-corrected chi connectivity index (χ4v) is 3.56. The van der Waals surface area contributed by atoms with Crippen molar-refractivity contribution in [1.82, 2.24) is 24.6 Å². The topological polar surface area (TPSA) is 84.9 Å². The van der Waals surface area contributed by atoms with E-state index in [4.69, 9.17) is 5.73 Å². The van der Waals surface area contributed by atoms with E-state index in [-0.39, 0.29) is 0 Å². The van der Waals surface area contributed by atoms with Gasteiger partial charge in [-0.3, -0.25) is 0 Å². The van der Waals surface area contributed by atoms with Gasteiger partial charge in [0, 0.05) is 30.9 Å². The largest absolute Gasteiger partial charge is 0.393 e. The minimum Gasteiger partial charge on any atom is -0.393 e. The van der Waals surface area contributed by atoms with Gasteiger partial charge in [0.25, 0.3) is 0 Å². The Morgan fingerprint density at radius 2 is 2.09 bits per heavy atom. The van der Waals surface area contributed by atoms with Crippen LogP contribution in [0.2, 0.25) is 0 Å². The minimum atomic E-state index is 0.298. The van der Waals surface area contributed by atoms with Gasteiger partial charge in [-0.2, -0.15) is 5.10 Å². The average Bonchev–Trinajstić information content (AvgIpc) is 3.18. The van der Waals surface area contributed by atoms with Gasteiger partial charge in [0.1, 0.15) is 12.0 Å². The highest BCUT2D eigenvalue weighted by molar-refractivity contribution is 5.68. The summed E-state index contributed by atoms with van der Waals surface area (Å²) in [6.07, 6.45) is 10.2. The Hall–Kier alpha value is -2.15. The zero-order valence-electron chi connectivity index (χ0n) is 13.9. The Bertz CT molecular complexity index is 630. The fourth-order valence-electron chi connectivity index (χ4n) is 3.56. The van der Waals surface area contributed by atoms with Gasteiger partial charge in [0.2, 0.25) is 0 Å². The summed E-state index contributed by atoms with van der Waals surface area (Å²) in [4.78, 5) is 10.8. The Labute approximate surface area is 136 Å². The molecule has 0 unspecified atom stereocenters. The lowest BCUT2D eigenvalue weighted by Gasteiger charge is -2.32. The lowest BCUT2D eigenvalue weighted by atomic mass is 9.85. The highest BCUT2D eigenvalue weighted by Crippen LogP contribution is 2.39. The molecule has 7 heteroatoms. The molecule has 1 aliphatic rings. The first-order chi connectivity index (χ1) is 11.1. The molecule has 0 saturated heterocycles. The van der Waals surface area contributed by atoms with Crippen molar-refractivity contribution in [3.63, 3.8) is 0 Å². The van der Waals surface area contributed by atoms with E-state index in [2.05, 4.69) is 39.4 Å². The number of rotatable bonds is 6. The standard InChI is InChI=1S/C16H25N7/c1-22(2)11-16(6-3-4-7-16)10-18-14-13(17)15(20-12-19-14)23-9-5-8-21-23/h5,8-9,12H,3-4,6-7,10-11,17H2,1-2H3,(H,18,19,20). The highest BCUT2D eigenvalue weighted by atomic mass is 15.3. The Morgan fingerprint density at radius 1 is 1.30 bits per heavy atom. The molecule has 0 bridgehead atoms. The van der Waals surface area contributed by atoms with Crippen LogP contribution >= 0.6 is 0 Å². The molecule has 23 heavy (non-hydrogen) atoms. The van der Waals surface area contributed by atoms with Crippen LogP contribution in [0.4, 0.5) is 11.5 Å². The lowest BCUT2D eigenvalue weighted by Crippen LogP contribution is -2.37. The van der Waals surface area contributed by atoms with Crippen LogP contribution in [0.1, 0.15) is 25.7 Å². The monoisotopic (exact) mass is 315 g/mol. The third-order valence-corrected chi connectivity index (χ3v) is 4.53. The normalized spacial score (nSPS) is 16.8. The third kappa shape index (κ3) is 3.44. The molecule has 2 aromatic heterocycles. The van der Waals surface area contributed by atoms with Gasteiger partial charge in [0.15, 0.2) is 11.6 Å². The van der Waals surface area contributed by atoms with Gasteiger partial charge in [-0.15, -0.1) is 0 Å². The smallest absolute Gasteiger partial charge is 0.181 e. The van der Waals surface area contributed by atoms with Crippen LogP contribution in [0.5, 0.6) is 0 Å².